The molecule has 0 saturated carbocycles. The molecule has 4 nitrogen and oxygen atoms in total. The highest BCUT2D eigenvalue weighted by molar-refractivity contribution is 9.10. The monoisotopic (exact) mass is 336 g/mol. The summed E-state index contributed by atoms with van der Waals surface area (Å²) < 4.78 is 32.2. The molecule has 0 unspecified atom stereocenters. The number of carbonyl (C=O) groups excluding carboxylic acids is 1. The second kappa shape index (κ2) is 6.29. The number of benzene rings is 1. The van der Waals surface area contributed by atoms with Gasteiger partial charge in [-0.2, -0.15) is 0 Å². The van der Waals surface area contributed by atoms with E-state index in [-0.39, 0.29) is 12.1 Å². The van der Waals surface area contributed by atoms with E-state index < -0.39 is 23.3 Å². The van der Waals surface area contributed by atoms with Crippen LogP contribution in [0.15, 0.2) is 16.6 Å². The van der Waals surface area contributed by atoms with Gasteiger partial charge in [-0.15, -0.1) is 0 Å². The van der Waals surface area contributed by atoms with Gasteiger partial charge in [-0.25, -0.2) is 19.0 Å². The zero-order chi connectivity index (χ0) is 14.6. The van der Waals surface area contributed by atoms with Crippen molar-refractivity contribution in [2.24, 2.45) is 0 Å². The summed E-state index contributed by atoms with van der Waals surface area (Å²) in [7, 11) is 0. The lowest BCUT2D eigenvalue weighted by Gasteiger charge is -2.19. The molecule has 1 amide bonds. The lowest BCUT2D eigenvalue weighted by Crippen LogP contribution is -2.41. The SMILES string of the molecule is CC(C)(C)OC(=O)NNCc1c(F)cc(Br)cc1F. The Hall–Kier alpha value is -1.21. The molecule has 19 heavy (non-hydrogen) atoms. The molecule has 0 spiro atoms. The molecule has 0 fully saturated rings. The van der Waals surface area contributed by atoms with Crippen molar-refractivity contribution in [3.63, 3.8) is 0 Å². The average Bonchev–Trinajstić information content (AvgIpc) is 2.19. The van der Waals surface area contributed by atoms with Crippen molar-refractivity contribution in [2.75, 3.05) is 0 Å². The van der Waals surface area contributed by atoms with E-state index in [1.807, 2.05) is 0 Å². The van der Waals surface area contributed by atoms with E-state index in [1.165, 1.54) is 0 Å². The molecular weight excluding hydrogens is 322 g/mol. The first-order chi connectivity index (χ1) is 8.69. The van der Waals surface area contributed by atoms with Gasteiger partial charge in [0.05, 0.1) is 0 Å². The summed E-state index contributed by atoms with van der Waals surface area (Å²) in [5.74, 6) is -1.41. The summed E-state index contributed by atoms with van der Waals surface area (Å²) in [6.45, 7) is 4.94. The topological polar surface area (TPSA) is 50.4 Å². The quantitative estimate of drug-likeness (QED) is 0.833. The van der Waals surface area contributed by atoms with Crippen molar-refractivity contribution in [1.29, 1.82) is 0 Å². The molecule has 0 saturated heterocycles. The number of rotatable bonds is 3. The predicted molar refractivity (Wildman–Crippen MR) is 70.3 cm³/mol. The van der Waals surface area contributed by atoms with Gasteiger partial charge >= 0.3 is 6.09 Å². The normalized spacial score (nSPS) is 11.3. The van der Waals surface area contributed by atoms with Gasteiger partial charge in [-0.05, 0) is 32.9 Å². The van der Waals surface area contributed by atoms with Crippen molar-refractivity contribution in [3.8, 4) is 0 Å². The van der Waals surface area contributed by atoms with Crippen LogP contribution in [-0.2, 0) is 11.3 Å². The lowest BCUT2D eigenvalue weighted by molar-refractivity contribution is 0.0496. The Morgan fingerprint density at radius 1 is 1.32 bits per heavy atom. The van der Waals surface area contributed by atoms with E-state index >= 15 is 0 Å². The standard InChI is InChI=1S/C12H15BrF2N2O2/c1-12(2,3)19-11(18)17-16-6-8-9(14)4-7(13)5-10(8)15/h4-5,16H,6H2,1-3H3,(H,17,18). The zero-order valence-electron chi connectivity index (χ0n) is 10.8. The highest BCUT2D eigenvalue weighted by Gasteiger charge is 2.16. The summed E-state index contributed by atoms with van der Waals surface area (Å²) >= 11 is 2.98. The first kappa shape index (κ1) is 15.8. The Morgan fingerprint density at radius 3 is 2.32 bits per heavy atom. The van der Waals surface area contributed by atoms with Gasteiger partial charge in [-0.1, -0.05) is 15.9 Å². The number of nitrogens with one attached hydrogen (secondary N) is 2. The maximum Gasteiger partial charge on any atom is 0.422 e. The molecule has 0 bridgehead atoms. The largest absolute Gasteiger partial charge is 0.443 e. The molecule has 0 radical (unpaired) electrons. The molecule has 0 atom stereocenters. The van der Waals surface area contributed by atoms with E-state index in [0.29, 0.717) is 4.47 Å². The van der Waals surface area contributed by atoms with Gasteiger partial charge in [0.2, 0.25) is 0 Å². The fourth-order valence-corrected chi connectivity index (χ4v) is 1.65. The van der Waals surface area contributed by atoms with Gasteiger partial charge in [0, 0.05) is 16.6 Å². The summed E-state index contributed by atoms with van der Waals surface area (Å²) in [5.41, 5.74) is 3.80. The van der Waals surface area contributed by atoms with Crippen LogP contribution in [-0.4, -0.2) is 11.7 Å². The number of hydrogen-bond donors (Lipinski definition) is 2. The van der Waals surface area contributed by atoms with Crippen molar-refractivity contribution in [3.05, 3.63) is 33.8 Å². The third-order valence-electron chi connectivity index (χ3n) is 1.96. The Morgan fingerprint density at radius 2 is 1.84 bits per heavy atom. The molecule has 1 aromatic rings. The molecule has 0 aromatic heterocycles. The molecule has 1 aromatic carbocycles. The van der Waals surface area contributed by atoms with Crippen LogP contribution in [0.4, 0.5) is 13.6 Å². The van der Waals surface area contributed by atoms with E-state index in [9.17, 15) is 13.6 Å². The molecule has 0 aliphatic carbocycles. The van der Waals surface area contributed by atoms with E-state index in [1.54, 1.807) is 20.8 Å². The minimum absolute atomic E-state index is 0.167. The molecule has 106 valence electrons. The first-order valence-electron chi connectivity index (χ1n) is 5.54. The van der Waals surface area contributed by atoms with E-state index in [0.717, 1.165) is 12.1 Å². The molecule has 0 aliphatic heterocycles. The van der Waals surface area contributed by atoms with Crippen LogP contribution in [0.2, 0.25) is 0 Å². The van der Waals surface area contributed by atoms with Crippen molar-refractivity contribution >= 4 is 22.0 Å². The molecule has 0 aliphatic rings. The maximum atomic E-state index is 13.5. The highest BCUT2D eigenvalue weighted by Crippen LogP contribution is 2.19. The van der Waals surface area contributed by atoms with Crippen LogP contribution >= 0.6 is 15.9 Å². The summed E-state index contributed by atoms with van der Waals surface area (Å²) in [6, 6.07) is 2.29. The zero-order valence-corrected chi connectivity index (χ0v) is 12.4. The Bertz CT molecular complexity index is 452. The number of ether oxygens (including phenoxy) is 1. The third-order valence-corrected chi connectivity index (χ3v) is 2.42. The third kappa shape index (κ3) is 5.52. The summed E-state index contributed by atoms with van der Waals surface area (Å²) in [5, 5.41) is 0. The van der Waals surface area contributed by atoms with Gasteiger partial charge in [0.1, 0.15) is 17.2 Å². The number of carbonyl (C=O) groups is 1. The van der Waals surface area contributed by atoms with Crippen LogP contribution in [0.1, 0.15) is 26.3 Å². The second-order valence-corrected chi connectivity index (χ2v) is 5.74. The Kier molecular flexibility index (Phi) is 5.25. The Balaban J connectivity index is 2.52. The fraction of sp³-hybridized carbons (Fsp3) is 0.417. The number of hydrogen-bond acceptors (Lipinski definition) is 3. The van der Waals surface area contributed by atoms with Crippen LogP contribution in [0, 0.1) is 11.6 Å². The van der Waals surface area contributed by atoms with Crippen LogP contribution in [0.25, 0.3) is 0 Å². The predicted octanol–water partition coefficient (Wildman–Crippen LogP) is 3.26. The Labute approximate surface area is 118 Å². The average molecular weight is 337 g/mol. The van der Waals surface area contributed by atoms with Crippen molar-refractivity contribution in [2.45, 2.75) is 32.9 Å². The van der Waals surface area contributed by atoms with Gasteiger partial charge < -0.3 is 4.74 Å². The minimum Gasteiger partial charge on any atom is -0.443 e. The minimum atomic E-state index is -0.717. The van der Waals surface area contributed by atoms with Gasteiger partial charge in [0.25, 0.3) is 0 Å². The molecule has 2 N–H and O–H groups in total. The lowest BCUT2D eigenvalue weighted by atomic mass is 10.2. The van der Waals surface area contributed by atoms with Gasteiger partial charge in [0.15, 0.2) is 0 Å². The number of halogens is 3. The first-order valence-corrected chi connectivity index (χ1v) is 6.33. The van der Waals surface area contributed by atoms with Crippen LogP contribution < -0.4 is 10.9 Å². The van der Waals surface area contributed by atoms with Crippen LogP contribution in [0.3, 0.4) is 0 Å². The van der Waals surface area contributed by atoms with Crippen molar-refractivity contribution in [1.82, 2.24) is 10.9 Å². The molecule has 1 rings (SSSR count). The van der Waals surface area contributed by atoms with E-state index in [2.05, 4.69) is 26.8 Å². The van der Waals surface area contributed by atoms with E-state index in [4.69, 9.17) is 4.74 Å². The number of hydrazine groups is 1. The smallest absolute Gasteiger partial charge is 0.422 e. The summed E-state index contributed by atoms with van der Waals surface area (Å²) in [6.07, 6.45) is -0.717. The second-order valence-electron chi connectivity index (χ2n) is 4.83. The highest BCUT2D eigenvalue weighted by atomic mass is 79.9. The van der Waals surface area contributed by atoms with Crippen molar-refractivity contribution < 1.29 is 18.3 Å². The van der Waals surface area contributed by atoms with Gasteiger partial charge in [-0.3, -0.25) is 5.43 Å². The molecular formula is C12H15BrF2N2O2. The number of amides is 1. The molecule has 0 heterocycles. The molecule has 7 heteroatoms. The maximum absolute atomic E-state index is 13.5. The fourth-order valence-electron chi connectivity index (χ4n) is 1.25. The summed E-state index contributed by atoms with van der Waals surface area (Å²) in [4.78, 5) is 11.3. The van der Waals surface area contributed by atoms with Crippen LogP contribution in [0.5, 0.6) is 0 Å².